The standard InChI is InChI=1S/C39H36N2O3S2/c1-25(37-38(44)40(24-36(42)43)39(45)46-37)29-18-21-35-33(23-29)31-14-8-9-15-34(31)41(35)30-19-16-26(17-20-30)22-32(27-10-4-2-5-11-27)28-12-6-3-7-13-28/h2-7,10-13,16-23,25,31,34,37H,8-9,14-15,24H2,1H3,(H,42,43). The maximum absolute atomic E-state index is 13.2. The zero-order chi connectivity index (χ0) is 31.8. The molecule has 2 aliphatic heterocycles. The molecule has 1 saturated carbocycles. The molecule has 4 atom stereocenters. The molecule has 1 amide bonds. The molecule has 7 rings (SSSR count). The molecular weight excluding hydrogens is 609 g/mol. The van der Waals surface area contributed by atoms with E-state index in [1.54, 1.807) is 0 Å². The van der Waals surface area contributed by atoms with Crippen molar-refractivity contribution < 1.29 is 14.7 Å². The number of rotatable bonds is 8. The number of carbonyl (C=O) groups excluding carboxylic acids is 1. The number of hydrogen-bond acceptors (Lipinski definition) is 5. The molecular formula is C39H36N2O3S2. The van der Waals surface area contributed by atoms with Crippen molar-refractivity contribution >= 4 is 63.2 Å². The van der Waals surface area contributed by atoms with Gasteiger partial charge in [-0.25, -0.2) is 0 Å². The quantitative estimate of drug-likeness (QED) is 0.153. The van der Waals surface area contributed by atoms with E-state index < -0.39 is 11.2 Å². The van der Waals surface area contributed by atoms with E-state index in [2.05, 4.69) is 121 Å². The van der Waals surface area contributed by atoms with Gasteiger partial charge in [-0.05, 0) is 70.5 Å². The minimum atomic E-state index is -1.05. The van der Waals surface area contributed by atoms with Crippen LogP contribution in [0.4, 0.5) is 11.4 Å². The Morgan fingerprint density at radius 1 is 0.935 bits per heavy atom. The van der Waals surface area contributed by atoms with Crippen LogP contribution in [-0.4, -0.2) is 44.0 Å². The van der Waals surface area contributed by atoms with E-state index in [1.807, 2.05) is 0 Å². The van der Waals surface area contributed by atoms with Gasteiger partial charge in [-0.15, -0.1) is 0 Å². The first kappa shape index (κ1) is 30.5. The maximum atomic E-state index is 13.2. The van der Waals surface area contributed by atoms with E-state index in [0.717, 1.165) is 24.0 Å². The van der Waals surface area contributed by atoms with Gasteiger partial charge in [0.15, 0.2) is 0 Å². The van der Waals surface area contributed by atoms with Crippen LogP contribution in [0.3, 0.4) is 0 Å². The number of nitrogens with zero attached hydrogens (tertiary/aromatic N) is 2. The SMILES string of the molecule is CC(c1ccc2c(c1)C1CCCCC1N2c1ccc(C=C(c2ccccc2)c2ccccc2)cc1)C1SC(=S)N(CC(=O)O)C1=O. The Morgan fingerprint density at radius 2 is 1.59 bits per heavy atom. The first-order valence-corrected chi connectivity index (χ1v) is 17.3. The van der Waals surface area contributed by atoms with Crippen LogP contribution >= 0.6 is 24.0 Å². The van der Waals surface area contributed by atoms with Gasteiger partial charge < -0.3 is 10.0 Å². The highest BCUT2D eigenvalue weighted by molar-refractivity contribution is 8.24. The van der Waals surface area contributed by atoms with E-state index in [1.165, 1.54) is 63.1 Å². The largest absolute Gasteiger partial charge is 0.480 e. The van der Waals surface area contributed by atoms with Crippen molar-refractivity contribution in [1.82, 2.24) is 4.90 Å². The highest BCUT2D eigenvalue weighted by atomic mass is 32.2. The van der Waals surface area contributed by atoms with Gasteiger partial charge in [0.2, 0.25) is 5.91 Å². The van der Waals surface area contributed by atoms with Crippen molar-refractivity contribution in [2.24, 2.45) is 0 Å². The summed E-state index contributed by atoms with van der Waals surface area (Å²) in [5.74, 6) is -0.915. The number of aliphatic carboxylic acids is 1. The van der Waals surface area contributed by atoms with Gasteiger partial charge in [-0.1, -0.05) is 129 Å². The molecule has 4 aromatic carbocycles. The zero-order valence-electron chi connectivity index (χ0n) is 25.7. The normalized spacial score (nSPS) is 21.1. The van der Waals surface area contributed by atoms with Crippen molar-refractivity contribution in [2.75, 3.05) is 11.4 Å². The molecule has 4 unspecified atom stereocenters. The third-order valence-electron chi connectivity index (χ3n) is 9.65. The molecule has 1 N–H and O–H groups in total. The number of anilines is 2. The molecule has 0 radical (unpaired) electrons. The number of fused-ring (bicyclic) bond motifs is 3. The Morgan fingerprint density at radius 3 is 2.24 bits per heavy atom. The third kappa shape index (κ3) is 5.78. The lowest BCUT2D eigenvalue weighted by atomic mass is 9.81. The summed E-state index contributed by atoms with van der Waals surface area (Å²) in [6.07, 6.45) is 7.01. The molecule has 232 valence electrons. The van der Waals surface area contributed by atoms with Gasteiger partial charge in [-0.3, -0.25) is 14.5 Å². The van der Waals surface area contributed by atoms with E-state index >= 15 is 0 Å². The van der Waals surface area contributed by atoms with Crippen LogP contribution < -0.4 is 4.90 Å². The molecule has 3 aliphatic rings. The molecule has 2 heterocycles. The Labute approximate surface area is 279 Å². The third-order valence-corrected chi connectivity index (χ3v) is 11.4. The fourth-order valence-electron chi connectivity index (χ4n) is 7.37. The van der Waals surface area contributed by atoms with Gasteiger partial charge in [0.1, 0.15) is 10.9 Å². The van der Waals surface area contributed by atoms with Crippen LogP contribution in [0, 0.1) is 0 Å². The van der Waals surface area contributed by atoms with Gasteiger partial charge in [0.25, 0.3) is 0 Å². The second kappa shape index (κ2) is 12.9. The lowest BCUT2D eigenvalue weighted by Crippen LogP contribution is -2.37. The number of carbonyl (C=O) groups is 2. The Hall–Kier alpha value is -4.20. The smallest absolute Gasteiger partial charge is 0.323 e. The van der Waals surface area contributed by atoms with Gasteiger partial charge in [0, 0.05) is 29.3 Å². The summed E-state index contributed by atoms with van der Waals surface area (Å²) in [6, 6.07) is 37.1. The number of carboxylic acid groups (broad SMARTS) is 1. The first-order valence-electron chi connectivity index (χ1n) is 16.0. The second-order valence-electron chi connectivity index (χ2n) is 12.4. The lowest BCUT2D eigenvalue weighted by molar-refractivity contribution is -0.141. The van der Waals surface area contributed by atoms with Crippen LogP contribution in [0.5, 0.6) is 0 Å². The average molecular weight is 645 g/mol. The van der Waals surface area contributed by atoms with Crippen LogP contribution in [0.15, 0.2) is 103 Å². The van der Waals surface area contributed by atoms with E-state index in [-0.39, 0.29) is 18.4 Å². The number of thiocarbonyl (C=S) groups is 1. The molecule has 7 heteroatoms. The molecule has 2 fully saturated rings. The molecule has 1 aliphatic carbocycles. The minimum absolute atomic E-state index is 0.0925. The van der Waals surface area contributed by atoms with E-state index in [4.69, 9.17) is 12.2 Å². The van der Waals surface area contributed by atoms with E-state index in [0.29, 0.717) is 16.3 Å². The summed E-state index contributed by atoms with van der Waals surface area (Å²) in [5.41, 5.74) is 9.64. The average Bonchev–Trinajstić information content (AvgIpc) is 3.56. The number of hydrogen-bond donors (Lipinski definition) is 1. The molecule has 0 spiro atoms. The molecule has 46 heavy (non-hydrogen) atoms. The molecule has 4 aromatic rings. The molecule has 5 nitrogen and oxygen atoms in total. The van der Waals surface area contributed by atoms with Gasteiger partial charge in [-0.2, -0.15) is 0 Å². The predicted octanol–water partition coefficient (Wildman–Crippen LogP) is 8.87. The summed E-state index contributed by atoms with van der Waals surface area (Å²) in [6.45, 7) is 1.67. The second-order valence-corrected chi connectivity index (χ2v) is 14.2. The maximum Gasteiger partial charge on any atom is 0.323 e. The summed E-state index contributed by atoms with van der Waals surface area (Å²) in [4.78, 5) is 28.2. The van der Waals surface area contributed by atoms with Gasteiger partial charge >= 0.3 is 5.97 Å². The lowest BCUT2D eigenvalue weighted by Gasteiger charge is -2.33. The first-order chi connectivity index (χ1) is 22.4. The van der Waals surface area contributed by atoms with Crippen molar-refractivity contribution in [3.05, 3.63) is 131 Å². The number of thioether (sulfide) groups is 1. The van der Waals surface area contributed by atoms with Crippen LogP contribution in [0.1, 0.15) is 72.3 Å². The van der Waals surface area contributed by atoms with Crippen LogP contribution in [0.25, 0.3) is 11.6 Å². The van der Waals surface area contributed by atoms with E-state index in [9.17, 15) is 14.7 Å². The summed E-state index contributed by atoms with van der Waals surface area (Å²) in [7, 11) is 0. The molecule has 0 aromatic heterocycles. The Balaban J connectivity index is 1.19. The molecule has 1 saturated heterocycles. The highest BCUT2D eigenvalue weighted by Crippen LogP contribution is 2.52. The van der Waals surface area contributed by atoms with Crippen LogP contribution in [0.2, 0.25) is 0 Å². The number of benzene rings is 4. The summed E-state index contributed by atoms with van der Waals surface area (Å²) in [5, 5.41) is 8.85. The fraction of sp³-hybridized carbons (Fsp3) is 0.256. The van der Waals surface area contributed by atoms with Gasteiger partial charge in [0.05, 0.1) is 5.25 Å². The zero-order valence-corrected chi connectivity index (χ0v) is 27.3. The monoisotopic (exact) mass is 644 g/mol. The van der Waals surface area contributed by atoms with Crippen molar-refractivity contribution in [2.45, 2.75) is 55.7 Å². The van der Waals surface area contributed by atoms with Crippen LogP contribution in [-0.2, 0) is 9.59 Å². The van der Waals surface area contributed by atoms with Crippen molar-refractivity contribution in [3.63, 3.8) is 0 Å². The number of carboxylic acids is 1. The number of amides is 1. The minimum Gasteiger partial charge on any atom is -0.480 e. The molecule has 0 bridgehead atoms. The van der Waals surface area contributed by atoms with Crippen molar-refractivity contribution in [3.8, 4) is 0 Å². The highest BCUT2D eigenvalue weighted by Gasteiger charge is 2.43. The Kier molecular flexibility index (Phi) is 8.54. The van der Waals surface area contributed by atoms with Crippen molar-refractivity contribution in [1.29, 1.82) is 0 Å². The Bertz CT molecular complexity index is 1760. The summed E-state index contributed by atoms with van der Waals surface area (Å²) < 4.78 is 0.349. The predicted molar refractivity (Wildman–Crippen MR) is 192 cm³/mol. The topological polar surface area (TPSA) is 60.9 Å². The summed E-state index contributed by atoms with van der Waals surface area (Å²) >= 11 is 6.70. The fourth-order valence-corrected chi connectivity index (χ4v) is 8.92.